The molecule has 0 saturated carbocycles. The number of amides is 1. The van der Waals surface area contributed by atoms with E-state index in [9.17, 15) is 9.18 Å². The van der Waals surface area contributed by atoms with Gasteiger partial charge in [-0.25, -0.2) is 4.39 Å². The highest BCUT2D eigenvalue weighted by molar-refractivity contribution is 5.78. The lowest BCUT2D eigenvalue weighted by Crippen LogP contribution is -2.38. The van der Waals surface area contributed by atoms with Gasteiger partial charge in [0.15, 0.2) is 0 Å². The van der Waals surface area contributed by atoms with E-state index in [1.54, 1.807) is 12.1 Å². The quantitative estimate of drug-likeness (QED) is 0.684. The van der Waals surface area contributed by atoms with E-state index >= 15 is 0 Å². The minimum absolute atomic E-state index is 0.0659. The molecule has 5 nitrogen and oxygen atoms in total. The molecule has 1 fully saturated rings. The number of halogens is 1. The standard InChI is InChI=1S/C22H22FN3O2/c1-15-4-2-3-5-19(15)21-24-22(28-25-21)17-10-12-26(13-11-17)20(27)14-16-6-8-18(23)9-7-16/h2-9,17H,10-14H2,1H3. The largest absolute Gasteiger partial charge is 0.342 e. The maximum Gasteiger partial charge on any atom is 0.230 e. The molecule has 1 saturated heterocycles. The monoisotopic (exact) mass is 379 g/mol. The maximum absolute atomic E-state index is 13.0. The van der Waals surface area contributed by atoms with Gasteiger partial charge in [0.1, 0.15) is 5.82 Å². The SMILES string of the molecule is Cc1ccccc1-c1noc(C2CCN(C(=O)Cc3ccc(F)cc3)CC2)n1. The number of hydrogen-bond donors (Lipinski definition) is 0. The van der Waals surface area contributed by atoms with Gasteiger partial charge in [0.05, 0.1) is 6.42 Å². The molecule has 1 aliphatic heterocycles. The van der Waals surface area contributed by atoms with E-state index in [1.165, 1.54) is 12.1 Å². The number of piperidine rings is 1. The topological polar surface area (TPSA) is 59.2 Å². The molecule has 4 rings (SSSR count). The van der Waals surface area contributed by atoms with E-state index < -0.39 is 0 Å². The molecule has 1 amide bonds. The molecule has 144 valence electrons. The zero-order valence-electron chi connectivity index (χ0n) is 15.8. The Balaban J connectivity index is 1.36. The lowest BCUT2D eigenvalue weighted by molar-refractivity contribution is -0.131. The van der Waals surface area contributed by atoms with Crippen LogP contribution in [0.1, 0.15) is 35.8 Å². The zero-order chi connectivity index (χ0) is 19.5. The van der Waals surface area contributed by atoms with Crippen LogP contribution >= 0.6 is 0 Å². The summed E-state index contributed by atoms with van der Waals surface area (Å²) in [6.45, 7) is 3.34. The summed E-state index contributed by atoms with van der Waals surface area (Å²) in [7, 11) is 0. The molecule has 28 heavy (non-hydrogen) atoms. The van der Waals surface area contributed by atoms with Crippen molar-refractivity contribution in [1.29, 1.82) is 0 Å². The van der Waals surface area contributed by atoms with Crippen LogP contribution in [0, 0.1) is 12.7 Å². The van der Waals surface area contributed by atoms with Gasteiger partial charge in [-0.05, 0) is 43.0 Å². The molecule has 0 aliphatic carbocycles. The number of benzene rings is 2. The molecule has 1 aromatic heterocycles. The predicted molar refractivity (Wildman–Crippen MR) is 103 cm³/mol. The second-order valence-corrected chi connectivity index (χ2v) is 7.23. The van der Waals surface area contributed by atoms with E-state index in [0.29, 0.717) is 31.2 Å². The minimum Gasteiger partial charge on any atom is -0.342 e. The summed E-state index contributed by atoms with van der Waals surface area (Å²) in [4.78, 5) is 19.0. The van der Waals surface area contributed by atoms with Crippen LogP contribution in [0.25, 0.3) is 11.4 Å². The molecule has 2 heterocycles. The van der Waals surface area contributed by atoms with E-state index in [1.807, 2.05) is 36.1 Å². The lowest BCUT2D eigenvalue weighted by atomic mass is 9.96. The van der Waals surface area contributed by atoms with Crippen LogP contribution in [-0.4, -0.2) is 34.0 Å². The first-order valence-electron chi connectivity index (χ1n) is 9.52. The van der Waals surface area contributed by atoms with Crippen LogP contribution in [0.5, 0.6) is 0 Å². The average molecular weight is 379 g/mol. The van der Waals surface area contributed by atoms with Gasteiger partial charge in [-0.15, -0.1) is 0 Å². The second kappa shape index (κ2) is 7.92. The first-order valence-corrected chi connectivity index (χ1v) is 9.52. The number of carbonyl (C=O) groups is 1. The van der Waals surface area contributed by atoms with Crippen molar-refractivity contribution in [2.75, 3.05) is 13.1 Å². The Kier molecular flexibility index (Phi) is 5.19. The summed E-state index contributed by atoms with van der Waals surface area (Å²) >= 11 is 0. The summed E-state index contributed by atoms with van der Waals surface area (Å²) in [6.07, 6.45) is 1.89. The molecule has 6 heteroatoms. The van der Waals surface area contributed by atoms with E-state index in [0.717, 1.165) is 29.5 Å². The third-order valence-electron chi connectivity index (χ3n) is 5.29. The number of aryl methyl sites for hydroxylation is 1. The van der Waals surface area contributed by atoms with Crippen molar-refractivity contribution in [2.24, 2.45) is 0 Å². The lowest BCUT2D eigenvalue weighted by Gasteiger charge is -2.30. The Labute approximate surface area is 163 Å². The first-order chi connectivity index (χ1) is 13.6. The second-order valence-electron chi connectivity index (χ2n) is 7.23. The van der Waals surface area contributed by atoms with Crippen LogP contribution in [0.4, 0.5) is 4.39 Å². The summed E-state index contributed by atoms with van der Waals surface area (Å²) in [5, 5.41) is 4.14. The Morgan fingerprint density at radius 2 is 1.86 bits per heavy atom. The molecule has 2 aromatic carbocycles. The van der Waals surface area contributed by atoms with Gasteiger partial charge >= 0.3 is 0 Å². The molecule has 3 aromatic rings. The predicted octanol–water partition coefficient (Wildman–Crippen LogP) is 4.13. The smallest absolute Gasteiger partial charge is 0.230 e. The van der Waals surface area contributed by atoms with Crippen molar-refractivity contribution in [3.63, 3.8) is 0 Å². The van der Waals surface area contributed by atoms with Gasteiger partial charge in [-0.3, -0.25) is 4.79 Å². The fourth-order valence-corrected chi connectivity index (χ4v) is 3.60. The zero-order valence-corrected chi connectivity index (χ0v) is 15.8. The van der Waals surface area contributed by atoms with Gasteiger partial charge < -0.3 is 9.42 Å². The van der Waals surface area contributed by atoms with Crippen LogP contribution < -0.4 is 0 Å². The van der Waals surface area contributed by atoms with Crippen LogP contribution in [-0.2, 0) is 11.2 Å². The first kappa shape index (κ1) is 18.3. The number of aromatic nitrogens is 2. The molecule has 0 bridgehead atoms. The van der Waals surface area contributed by atoms with Crippen molar-refractivity contribution in [2.45, 2.75) is 32.1 Å². The Bertz CT molecular complexity index is 960. The van der Waals surface area contributed by atoms with Crippen LogP contribution in [0.2, 0.25) is 0 Å². The van der Waals surface area contributed by atoms with E-state index in [4.69, 9.17) is 4.52 Å². The molecular weight excluding hydrogens is 357 g/mol. The highest BCUT2D eigenvalue weighted by Gasteiger charge is 2.27. The van der Waals surface area contributed by atoms with Gasteiger partial charge in [0.25, 0.3) is 0 Å². The Hall–Kier alpha value is -3.02. The number of rotatable bonds is 4. The summed E-state index contributed by atoms with van der Waals surface area (Å²) in [5.41, 5.74) is 2.91. The Morgan fingerprint density at radius 3 is 2.57 bits per heavy atom. The summed E-state index contributed by atoms with van der Waals surface area (Å²) < 4.78 is 18.5. The summed E-state index contributed by atoms with van der Waals surface area (Å²) in [5.74, 6) is 1.20. The third kappa shape index (κ3) is 3.96. The molecule has 1 aliphatic rings. The van der Waals surface area contributed by atoms with Gasteiger partial charge in [-0.2, -0.15) is 4.98 Å². The normalized spacial score (nSPS) is 15.0. The summed E-state index contributed by atoms with van der Waals surface area (Å²) in [6, 6.07) is 14.0. The average Bonchev–Trinajstić information content (AvgIpc) is 3.20. The van der Waals surface area contributed by atoms with Gasteiger partial charge in [0.2, 0.25) is 17.6 Å². The van der Waals surface area contributed by atoms with Crippen molar-refractivity contribution in [3.05, 3.63) is 71.4 Å². The fraction of sp³-hybridized carbons (Fsp3) is 0.318. The maximum atomic E-state index is 13.0. The van der Waals surface area contributed by atoms with Crippen molar-refractivity contribution in [1.82, 2.24) is 15.0 Å². The van der Waals surface area contributed by atoms with Gasteiger partial charge in [0, 0.05) is 24.6 Å². The van der Waals surface area contributed by atoms with Gasteiger partial charge in [-0.1, -0.05) is 41.6 Å². The molecule has 0 unspecified atom stereocenters. The van der Waals surface area contributed by atoms with Crippen molar-refractivity contribution < 1.29 is 13.7 Å². The van der Waals surface area contributed by atoms with E-state index in [-0.39, 0.29) is 17.6 Å². The molecule has 0 radical (unpaired) electrons. The van der Waals surface area contributed by atoms with Crippen molar-refractivity contribution >= 4 is 5.91 Å². The number of hydrogen-bond acceptors (Lipinski definition) is 4. The molecule has 0 N–H and O–H groups in total. The highest BCUT2D eigenvalue weighted by atomic mass is 19.1. The molecule has 0 atom stereocenters. The Morgan fingerprint density at radius 1 is 1.14 bits per heavy atom. The molecule has 0 spiro atoms. The minimum atomic E-state index is -0.290. The third-order valence-corrected chi connectivity index (χ3v) is 5.29. The van der Waals surface area contributed by atoms with Crippen molar-refractivity contribution in [3.8, 4) is 11.4 Å². The number of carbonyl (C=O) groups excluding carboxylic acids is 1. The fourth-order valence-electron chi connectivity index (χ4n) is 3.60. The van der Waals surface area contributed by atoms with Crippen LogP contribution in [0.3, 0.4) is 0 Å². The van der Waals surface area contributed by atoms with Crippen LogP contribution in [0.15, 0.2) is 53.1 Å². The number of likely N-dealkylation sites (tertiary alicyclic amines) is 1. The highest BCUT2D eigenvalue weighted by Crippen LogP contribution is 2.29. The van der Waals surface area contributed by atoms with E-state index in [2.05, 4.69) is 10.1 Å². The number of nitrogens with zero attached hydrogens (tertiary/aromatic N) is 3. The molecular formula is C22H22FN3O2.